The normalized spacial score (nSPS) is 18.9. The summed E-state index contributed by atoms with van der Waals surface area (Å²) in [7, 11) is 0. The quantitative estimate of drug-likeness (QED) is 0.705. The number of nitrogens with zero attached hydrogens (tertiary/aromatic N) is 1. The average molecular weight is 253 g/mol. The van der Waals surface area contributed by atoms with Gasteiger partial charge in [-0.05, 0) is 37.2 Å². The molecule has 1 saturated heterocycles. The van der Waals surface area contributed by atoms with E-state index in [2.05, 4.69) is 15.6 Å². The molecular weight excluding hydrogens is 238 g/mol. The molecule has 0 aliphatic carbocycles. The number of aromatic hydroxyl groups is 1. The zero-order valence-electron chi connectivity index (χ0n) is 9.35. The van der Waals surface area contributed by atoms with Crippen molar-refractivity contribution >= 4 is 23.1 Å². The van der Waals surface area contributed by atoms with Gasteiger partial charge < -0.3 is 20.5 Å². The molecule has 3 N–H and O–H groups in total. The van der Waals surface area contributed by atoms with Crippen LogP contribution in [0.5, 0.6) is 5.75 Å². The maximum atomic E-state index is 9.50. The standard InChI is InChI=1S/C11H15N3O2S/c15-9-4-1-5-12-10(9)14-11(17)13-7-8-3-2-6-16-8/h1,4-5,8,15H,2-3,6-7H2,(H2,12,13,14,17). The third-order valence-corrected chi connectivity index (χ3v) is 2.78. The fourth-order valence-electron chi connectivity index (χ4n) is 1.66. The molecular formula is C11H15N3O2S. The summed E-state index contributed by atoms with van der Waals surface area (Å²) in [6, 6.07) is 3.21. The van der Waals surface area contributed by atoms with Crippen LogP contribution >= 0.6 is 12.2 Å². The van der Waals surface area contributed by atoms with Crippen molar-refractivity contribution in [1.29, 1.82) is 0 Å². The molecule has 1 aromatic heterocycles. The molecule has 2 heterocycles. The molecule has 5 nitrogen and oxygen atoms in total. The number of ether oxygens (including phenoxy) is 1. The van der Waals surface area contributed by atoms with Crippen molar-refractivity contribution in [2.45, 2.75) is 18.9 Å². The Kier molecular flexibility index (Phi) is 4.11. The van der Waals surface area contributed by atoms with Crippen molar-refractivity contribution in [3.05, 3.63) is 18.3 Å². The van der Waals surface area contributed by atoms with Gasteiger partial charge in [-0.15, -0.1) is 0 Å². The molecule has 0 radical (unpaired) electrons. The molecule has 1 aliphatic rings. The lowest BCUT2D eigenvalue weighted by molar-refractivity contribution is 0.114. The first-order valence-electron chi connectivity index (χ1n) is 5.56. The van der Waals surface area contributed by atoms with E-state index in [-0.39, 0.29) is 11.9 Å². The Labute approximate surface area is 105 Å². The second-order valence-electron chi connectivity index (χ2n) is 3.84. The molecule has 1 aliphatic heterocycles. The maximum absolute atomic E-state index is 9.50. The minimum Gasteiger partial charge on any atom is -0.504 e. The van der Waals surface area contributed by atoms with Gasteiger partial charge in [-0.2, -0.15) is 0 Å². The monoisotopic (exact) mass is 253 g/mol. The lowest BCUT2D eigenvalue weighted by atomic mass is 10.2. The first kappa shape index (κ1) is 12.1. The van der Waals surface area contributed by atoms with E-state index in [9.17, 15) is 5.11 Å². The van der Waals surface area contributed by atoms with E-state index >= 15 is 0 Å². The van der Waals surface area contributed by atoms with E-state index in [1.54, 1.807) is 18.3 Å². The van der Waals surface area contributed by atoms with Gasteiger partial charge in [-0.25, -0.2) is 4.98 Å². The molecule has 0 aromatic carbocycles. The number of nitrogens with one attached hydrogen (secondary N) is 2. The van der Waals surface area contributed by atoms with Gasteiger partial charge >= 0.3 is 0 Å². The van der Waals surface area contributed by atoms with Crippen LogP contribution in [0, 0.1) is 0 Å². The molecule has 1 fully saturated rings. The molecule has 17 heavy (non-hydrogen) atoms. The SMILES string of the molecule is Oc1cccnc1NC(=S)NCC1CCCO1. The number of hydrogen-bond acceptors (Lipinski definition) is 4. The van der Waals surface area contributed by atoms with Crippen molar-refractivity contribution in [2.24, 2.45) is 0 Å². The third-order valence-electron chi connectivity index (χ3n) is 2.53. The molecule has 1 aromatic rings. The highest BCUT2D eigenvalue weighted by atomic mass is 32.1. The number of pyridine rings is 1. The Balaban J connectivity index is 1.79. The highest BCUT2D eigenvalue weighted by Gasteiger charge is 2.15. The van der Waals surface area contributed by atoms with Crippen LogP contribution in [0.1, 0.15) is 12.8 Å². The molecule has 1 unspecified atom stereocenters. The molecule has 0 bridgehead atoms. The number of anilines is 1. The summed E-state index contributed by atoms with van der Waals surface area (Å²) >= 11 is 5.10. The maximum Gasteiger partial charge on any atom is 0.174 e. The van der Waals surface area contributed by atoms with Gasteiger partial charge in [-0.3, -0.25) is 0 Å². The van der Waals surface area contributed by atoms with Gasteiger partial charge in [0, 0.05) is 19.3 Å². The van der Waals surface area contributed by atoms with Gasteiger partial charge in [0.25, 0.3) is 0 Å². The molecule has 2 rings (SSSR count). The Hall–Kier alpha value is -1.40. The number of hydrogen-bond donors (Lipinski definition) is 3. The second kappa shape index (κ2) is 5.79. The fraction of sp³-hybridized carbons (Fsp3) is 0.455. The Morgan fingerprint density at radius 2 is 2.53 bits per heavy atom. The molecule has 0 amide bonds. The van der Waals surface area contributed by atoms with Gasteiger partial charge in [0.2, 0.25) is 0 Å². The minimum absolute atomic E-state index is 0.0776. The van der Waals surface area contributed by atoms with Crippen LogP contribution in [0.2, 0.25) is 0 Å². The highest BCUT2D eigenvalue weighted by Crippen LogP contribution is 2.17. The van der Waals surface area contributed by atoms with Gasteiger partial charge in [0.05, 0.1) is 6.10 Å². The van der Waals surface area contributed by atoms with Crippen molar-refractivity contribution in [3.63, 3.8) is 0 Å². The fourth-order valence-corrected chi connectivity index (χ4v) is 1.84. The van der Waals surface area contributed by atoms with Crippen molar-refractivity contribution in [3.8, 4) is 5.75 Å². The minimum atomic E-state index is 0.0776. The van der Waals surface area contributed by atoms with Crippen LogP contribution < -0.4 is 10.6 Å². The van der Waals surface area contributed by atoms with Crippen LogP contribution in [-0.2, 0) is 4.74 Å². The van der Waals surface area contributed by atoms with Gasteiger partial charge in [0.1, 0.15) is 0 Å². The van der Waals surface area contributed by atoms with Crippen LogP contribution in [-0.4, -0.2) is 34.5 Å². The number of rotatable bonds is 3. The van der Waals surface area contributed by atoms with E-state index in [1.165, 1.54) is 0 Å². The summed E-state index contributed by atoms with van der Waals surface area (Å²) in [6.45, 7) is 1.51. The van der Waals surface area contributed by atoms with Crippen LogP contribution in [0.15, 0.2) is 18.3 Å². The average Bonchev–Trinajstić information content (AvgIpc) is 2.82. The highest BCUT2D eigenvalue weighted by molar-refractivity contribution is 7.80. The van der Waals surface area contributed by atoms with E-state index in [4.69, 9.17) is 17.0 Å². The van der Waals surface area contributed by atoms with Gasteiger partial charge in [0.15, 0.2) is 16.7 Å². The number of thiocarbonyl (C=S) groups is 1. The Morgan fingerprint density at radius 1 is 1.65 bits per heavy atom. The predicted octanol–water partition coefficient (Wildman–Crippen LogP) is 1.25. The van der Waals surface area contributed by atoms with Gasteiger partial charge in [-0.1, -0.05) is 0 Å². The lowest BCUT2D eigenvalue weighted by Gasteiger charge is -2.13. The van der Waals surface area contributed by atoms with E-state index < -0.39 is 0 Å². The van der Waals surface area contributed by atoms with Crippen LogP contribution in [0.4, 0.5) is 5.82 Å². The smallest absolute Gasteiger partial charge is 0.174 e. The second-order valence-corrected chi connectivity index (χ2v) is 4.25. The molecule has 0 saturated carbocycles. The summed E-state index contributed by atoms with van der Waals surface area (Å²) in [5, 5.41) is 15.8. The summed E-state index contributed by atoms with van der Waals surface area (Å²) < 4.78 is 5.46. The van der Waals surface area contributed by atoms with E-state index in [0.717, 1.165) is 19.4 Å². The first-order valence-corrected chi connectivity index (χ1v) is 5.97. The lowest BCUT2D eigenvalue weighted by Crippen LogP contribution is -2.35. The zero-order valence-corrected chi connectivity index (χ0v) is 10.2. The number of aromatic nitrogens is 1. The van der Waals surface area contributed by atoms with E-state index in [0.29, 0.717) is 17.5 Å². The third kappa shape index (κ3) is 3.54. The van der Waals surface area contributed by atoms with Crippen molar-refractivity contribution in [1.82, 2.24) is 10.3 Å². The van der Waals surface area contributed by atoms with E-state index in [1.807, 2.05) is 0 Å². The Bertz CT molecular complexity index is 394. The van der Waals surface area contributed by atoms with Crippen LogP contribution in [0.25, 0.3) is 0 Å². The summed E-state index contributed by atoms with van der Waals surface area (Å²) in [4.78, 5) is 3.98. The van der Waals surface area contributed by atoms with Crippen molar-refractivity contribution < 1.29 is 9.84 Å². The topological polar surface area (TPSA) is 66.4 Å². The van der Waals surface area contributed by atoms with Crippen molar-refractivity contribution in [2.75, 3.05) is 18.5 Å². The van der Waals surface area contributed by atoms with Crippen LogP contribution in [0.3, 0.4) is 0 Å². The zero-order chi connectivity index (χ0) is 12.1. The molecule has 92 valence electrons. The molecule has 1 atom stereocenters. The summed E-state index contributed by atoms with van der Waals surface area (Å²) in [6.07, 6.45) is 3.98. The first-order chi connectivity index (χ1) is 8.25. The Morgan fingerprint density at radius 3 is 3.24 bits per heavy atom. The molecule has 6 heteroatoms. The molecule has 0 spiro atoms. The summed E-state index contributed by atoms with van der Waals surface area (Å²) in [5.41, 5.74) is 0. The summed E-state index contributed by atoms with van der Waals surface area (Å²) in [5.74, 6) is 0.436. The largest absolute Gasteiger partial charge is 0.504 e. The predicted molar refractivity (Wildman–Crippen MR) is 69.1 cm³/mol.